The van der Waals surface area contributed by atoms with Crippen molar-refractivity contribution in [2.24, 2.45) is 0 Å². The summed E-state index contributed by atoms with van der Waals surface area (Å²) in [6.07, 6.45) is 1.60. The van der Waals surface area contributed by atoms with Crippen molar-refractivity contribution in [3.63, 3.8) is 0 Å². The van der Waals surface area contributed by atoms with Crippen LogP contribution in [0.25, 0.3) is 10.6 Å². The first-order valence-electron chi connectivity index (χ1n) is 8.90. The number of amides is 1. The first kappa shape index (κ1) is 20.3. The van der Waals surface area contributed by atoms with Crippen LogP contribution in [0.3, 0.4) is 0 Å². The summed E-state index contributed by atoms with van der Waals surface area (Å²) in [5, 5.41) is 3.71. The molecular weight excluding hydrogens is 346 g/mol. The van der Waals surface area contributed by atoms with Gasteiger partial charge in [0.1, 0.15) is 9.88 Å². The largest absolute Gasteiger partial charge is 0.350 e. The van der Waals surface area contributed by atoms with E-state index in [1.165, 1.54) is 18.3 Å². The van der Waals surface area contributed by atoms with Crippen LogP contribution in [0.2, 0.25) is 0 Å². The van der Waals surface area contributed by atoms with Gasteiger partial charge >= 0.3 is 0 Å². The van der Waals surface area contributed by atoms with Crippen molar-refractivity contribution in [1.29, 1.82) is 0 Å². The Hall–Kier alpha value is -2.05. The summed E-state index contributed by atoms with van der Waals surface area (Å²) >= 11 is 1.34. The number of thiazole rings is 1. The number of nitrogens with one attached hydrogen (secondary N) is 1. The van der Waals surface area contributed by atoms with Gasteiger partial charge in [0.05, 0.1) is 6.20 Å². The van der Waals surface area contributed by atoms with Crippen LogP contribution < -0.4 is 5.32 Å². The maximum atomic E-state index is 12.4. The Morgan fingerprint density at radius 1 is 1.19 bits per heavy atom. The minimum absolute atomic E-state index is 0.0150. The van der Waals surface area contributed by atoms with Gasteiger partial charge in [-0.05, 0) is 40.7 Å². The van der Waals surface area contributed by atoms with Crippen LogP contribution in [-0.4, -0.2) is 46.7 Å². The predicted octanol–water partition coefficient (Wildman–Crippen LogP) is 3.86. The van der Waals surface area contributed by atoms with Gasteiger partial charge in [0.2, 0.25) is 0 Å². The number of benzene rings is 1. The Labute approximate surface area is 159 Å². The zero-order valence-corrected chi connectivity index (χ0v) is 16.9. The average molecular weight is 374 g/mol. The second kappa shape index (κ2) is 9.05. The molecule has 0 fully saturated rings. The maximum absolute atomic E-state index is 12.4. The van der Waals surface area contributed by atoms with Gasteiger partial charge in [-0.25, -0.2) is 4.98 Å². The third kappa shape index (κ3) is 5.22. The van der Waals surface area contributed by atoms with E-state index >= 15 is 0 Å². The summed E-state index contributed by atoms with van der Waals surface area (Å²) < 4.78 is 0. The SMILES string of the molecule is CC(=O)c1cccc(-c2ncc(C(=O)NCCN(C(C)C)C(C)C)s2)c1. The summed E-state index contributed by atoms with van der Waals surface area (Å²) in [5.41, 5.74) is 1.50. The minimum Gasteiger partial charge on any atom is -0.350 e. The lowest BCUT2D eigenvalue weighted by Crippen LogP contribution is -2.42. The third-order valence-corrected chi connectivity index (χ3v) is 5.27. The fourth-order valence-corrected chi connectivity index (χ4v) is 3.71. The van der Waals surface area contributed by atoms with E-state index in [1.54, 1.807) is 12.3 Å². The topological polar surface area (TPSA) is 62.3 Å². The van der Waals surface area contributed by atoms with E-state index in [9.17, 15) is 9.59 Å². The van der Waals surface area contributed by atoms with E-state index < -0.39 is 0 Å². The molecule has 1 heterocycles. The fraction of sp³-hybridized carbons (Fsp3) is 0.450. The highest BCUT2D eigenvalue weighted by Crippen LogP contribution is 2.26. The number of rotatable bonds is 8. The van der Waals surface area contributed by atoms with Gasteiger partial charge in [0.25, 0.3) is 5.91 Å². The molecule has 0 aliphatic rings. The first-order valence-corrected chi connectivity index (χ1v) is 9.72. The molecule has 0 bridgehead atoms. The molecular formula is C20H27N3O2S. The molecule has 0 aliphatic heterocycles. The molecule has 0 saturated carbocycles. The fourth-order valence-electron chi connectivity index (χ4n) is 2.88. The number of ketones is 1. The van der Waals surface area contributed by atoms with Gasteiger partial charge in [-0.2, -0.15) is 0 Å². The van der Waals surface area contributed by atoms with E-state index in [4.69, 9.17) is 0 Å². The Balaban J connectivity index is 2.00. The highest BCUT2D eigenvalue weighted by atomic mass is 32.1. The van der Waals surface area contributed by atoms with Crippen molar-refractivity contribution in [2.75, 3.05) is 13.1 Å². The number of hydrogen-bond donors (Lipinski definition) is 1. The van der Waals surface area contributed by atoms with Gasteiger partial charge in [0.15, 0.2) is 5.78 Å². The van der Waals surface area contributed by atoms with Crippen LogP contribution in [0, 0.1) is 0 Å². The van der Waals surface area contributed by atoms with Gasteiger partial charge in [-0.3, -0.25) is 14.5 Å². The predicted molar refractivity (Wildman–Crippen MR) is 107 cm³/mol. The molecule has 0 spiro atoms. The molecule has 0 saturated heterocycles. The maximum Gasteiger partial charge on any atom is 0.263 e. The zero-order chi connectivity index (χ0) is 19.3. The molecule has 140 valence electrons. The average Bonchev–Trinajstić information content (AvgIpc) is 3.08. The van der Waals surface area contributed by atoms with E-state index in [0.717, 1.165) is 17.1 Å². The smallest absolute Gasteiger partial charge is 0.263 e. The number of nitrogens with zero attached hydrogens (tertiary/aromatic N) is 2. The van der Waals surface area contributed by atoms with Crippen LogP contribution in [0.4, 0.5) is 0 Å². The summed E-state index contributed by atoms with van der Waals surface area (Å²) in [7, 11) is 0. The molecule has 1 N–H and O–H groups in total. The highest BCUT2D eigenvalue weighted by molar-refractivity contribution is 7.16. The molecule has 0 unspecified atom stereocenters. The van der Waals surface area contributed by atoms with Crippen molar-refractivity contribution in [1.82, 2.24) is 15.2 Å². The number of aromatic nitrogens is 1. The molecule has 0 radical (unpaired) electrons. The van der Waals surface area contributed by atoms with Crippen molar-refractivity contribution in [2.45, 2.75) is 46.7 Å². The molecule has 1 aromatic carbocycles. The lowest BCUT2D eigenvalue weighted by Gasteiger charge is -2.30. The van der Waals surface area contributed by atoms with E-state index in [0.29, 0.717) is 29.1 Å². The highest BCUT2D eigenvalue weighted by Gasteiger charge is 2.15. The van der Waals surface area contributed by atoms with E-state index in [-0.39, 0.29) is 11.7 Å². The summed E-state index contributed by atoms with van der Waals surface area (Å²) in [5.74, 6) is -0.0924. The standard InChI is InChI=1S/C20H27N3O2S/c1-13(2)23(14(3)4)10-9-21-19(25)18-12-22-20(26-18)17-8-6-7-16(11-17)15(5)24/h6-8,11-14H,9-10H2,1-5H3,(H,21,25). The van der Waals surface area contributed by atoms with Crippen molar-refractivity contribution < 1.29 is 9.59 Å². The van der Waals surface area contributed by atoms with Crippen molar-refractivity contribution in [3.05, 3.63) is 40.9 Å². The van der Waals surface area contributed by atoms with Crippen LogP contribution in [0.5, 0.6) is 0 Å². The molecule has 0 aliphatic carbocycles. The monoisotopic (exact) mass is 373 g/mol. The van der Waals surface area contributed by atoms with Crippen molar-refractivity contribution in [3.8, 4) is 10.6 Å². The Bertz CT molecular complexity index is 760. The molecule has 26 heavy (non-hydrogen) atoms. The third-order valence-electron chi connectivity index (χ3n) is 4.23. The lowest BCUT2D eigenvalue weighted by molar-refractivity contribution is 0.0942. The number of Topliss-reactive ketones (excluding diaryl/α,β-unsaturated/α-hetero) is 1. The second-order valence-electron chi connectivity index (χ2n) is 6.85. The van der Waals surface area contributed by atoms with Crippen LogP contribution >= 0.6 is 11.3 Å². The Morgan fingerprint density at radius 2 is 1.88 bits per heavy atom. The second-order valence-corrected chi connectivity index (χ2v) is 7.88. The van der Waals surface area contributed by atoms with Gasteiger partial charge in [-0.15, -0.1) is 11.3 Å². The molecule has 2 rings (SSSR count). The molecule has 2 aromatic rings. The number of carbonyl (C=O) groups is 2. The van der Waals surface area contributed by atoms with Crippen LogP contribution in [0.1, 0.15) is 54.6 Å². The molecule has 1 aromatic heterocycles. The molecule has 1 amide bonds. The minimum atomic E-state index is -0.107. The van der Waals surface area contributed by atoms with Gasteiger partial charge in [0, 0.05) is 36.3 Å². The summed E-state index contributed by atoms with van der Waals surface area (Å²) in [6.45, 7) is 11.6. The van der Waals surface area contributed by atoms with Crippen LogP contribution in [0.15, 0.2) is 30.5 Å². The zero-order valence-electron chi connectivity index (χ0n) is 16.1. The number of carbonyl (C=O) groups excluding carboxylic acids is 2. The Morgan fingerprint density at radius 3 is 2.50 bits per heavy atom. The quantitative estimate of drug-likeness (QED) is 0.714. The summed E-state index contributed by atoms with van der Waals surface area (Å²) in [4.78, 5) is 31.2. The van der Waals surface area contributed by atoms with Gasteiger partial charge < -0.3 is 5.32 Å². The molecule has 6 heteroatoms. The van der Waals surface area contributed by atoms with E-state index in [2.05, 4.69) is 42.9 Å². The Kier molecular flexibility index (Phi) is 7.06. The molecule has 5 nitrogen and oxygen atoms in total. The van der Waals surface area contributed by atoms with Gasteiger partial charge in [-0.1, -0.05) is 18.2 Å². The molecule has 0 atom stereocenters. The van der Waals surface area contributed by atoms with Crippen LogP contribution in [-0.2, 0) is 0 Å². The van der Waals surface area contributed by atoms with Crippen molar-refractivity contribution >= 4 is 23.0 Å². The summed E-state index contributed by atoms with van der Waals surface area (Å²) in [6, 6.07) is 8.20. The lowest BCUT2D eigenvalue weighted by atomic mass is 10.1. The first-order chi connectivity index (χ1) is 12.3. The number of hydrogen-bond acceptors (Lipinski definition) is 5. The van der Waals surface area contributed by atoms with E-state index in [1.807, 2.05) is 18.2 Å². The normalized spacial score (nSPS) is 11.4.